The lowest BCUT2D eigenvalue weighted by Crippen LogP contribution is -2.41. The van der Waals surface area contributed by atoms with Crippen LogP contribution in [-0.4, -0.2) is 39.7 Å². The first-order chi connectivity index (χ1) is 12.1. The minimum atomic E-state index is -0.196. The molecule has 0 radical (unpaired) electrons. The van der Waals surface area contributed by atoms with Gasteiger partial charge in [-0.1, -0.05) is 12.0 Å². The number of amides is 1. The molecule has 0 saturated carbocycles. The molecule has 0 aliphatic heterocycles. The molecule has 0 aliphatic carbocycles. The number of hydrogen-bond donors (Lipinski definition) is 3. The highest BCUT2D eigenvalue weighted by Crippen LogP contribution is 2.09. The van der Waals surface area contributed by atoms with Gasteiger partial charge in [0.15, 0.2) is 5.96 Å². The summed E-state index contributed by atoms with van der Waals surface area (Å²) in [5.74, 6) is 3.59. The summed E-state index contributed by atoms with van der Waals surface area (Å²) in [5.41, 5.74) is 1.37. The number of carbonyl (C=O) groups is 1. The number of carbonyl (C=O) groups excluding carboxylic acids is 1. The Balaban J connectivity index is 0.00000338. The Labute approximate surface area is 169 Å². The monoisotopic (exact) mass is 467 g/mol. The molecule has 0 unspecified atom stereocenters. The molecule has 8 nitrogen and oxygen atoms in total. The maximum absolute atomic E-state index is 12.1. The summed E-state index contributed by atoms with van der Waals surface area (Å²) in [5, 5.41) is 12.8. The maximum Gasteiger partial charge on any atom is 0.243 e. The standard InChI is InChI=1S/C17H21N7O.HI/c1-4-13-7-6-8-14(9-13)23-16(25)11-20-17(18-5-2)19-10-15-21-12-22-24(15)3;/h1,6-9,12H,5,10-11H2,2-3H3,(H,23,25)(H2,18,19,20);1H. The van der Waals surface area contributed by atoms with E-state index >= 15 is 0 Å². The third kappa shape index (κ3) is 6.72. The van der Waals surface area contributed by atoms with Crippen LogP contribution in [0.5, 0.6) is 0 Å². The predicted octanol–water partition coefficient (Wildman–Crippen LogP) is 1.11. The zero-order chi connectivity index (χ0) is 18.1. The number of halogens is 1. The number of nitrogens with zero attached hydrogens (tertiary/aromatic N) is 4. The van der Waals surface area contributed by atoms with Gasteiger partial charge in [0.2, 0.25) is 5.91 Å². The normalized spacial score (nSPS) is 10.4. The van der Waals surface area contributed by atoms with Crippen molar-refractivity contribution in [2.45, 2.75) is 13.5 Å². The number of terminal acetylenes is 1. The van der Waals surface area contributed by atoms with Crippen LogP contribution in [0.2, 0.25) is 0 Å². The van der Waals surface area contributed by atoms with Crippen LogP contribution in [0, 0.1) is 12.3 Å². The highest BCUT2D eigenvalue weighted by Gasteiger charge is 2.06. The van der Waals surface area contributed by atoms with Crippen molar-refractivity contribution in [1.29, 1.82) is 0 Å². The van der Waals surface area contributed by atoms with E-state index < -0.39 is 0 Å². The second kappa shape index (κ2) is 11.1. The van der Waals surface area contributed by atoms with Gasteiger partial charge in [0.1, 0.15) is 18.7 Å². The first kappa shape index (κ1) is 21.4. The van der Waals surface area contributed by atoms with Gasteiger partial charge < -0.3 is 16.0 Å². The summed E-state index contributed by atoms with van der Waals surface area (Å²) < 4.78 is 1.65. The molecular weight excluding hydrogens is 445 g/mol. The molecule has 1 aromatic heterocycles. The Morgan fingerprint density at radius 3 is 2.85 bits per heavy atom. The van der Waals surface area contributed by atoms with E-state index in [1.807, 2.05) is 6.92 Å². The van der Waals surface area contributed by atoms with Gasteiger partial charge in [-0.2, -0.15) is 5.10 Å². The van der Waals surface area contributed by atoms with E-state index in [4.69, 9.17) is 6.42 Å². The fraction of sp³-hybridized carbons (Fsp3) is 0.294. The Morgan fingerprint density at radius 2 is 2.19 bits per heavy atom. The van der Waals surface area contributed by atoms with E-state index in [0.29, 0.717) is 30.3 Å². The number of aromatic nitrogens is 3. The van der Waals surface area contributed by atoms with Gasteiger partial charge in [-0.3, -0.25) is 9.48 Å². The lowest BCUT2D eigenvalue weighted by Gasteiger charge is -2.11. The fourth-order valence-corrected chi connectivity index (χ4v) is 2.01. The van der Waals surface area contributed by atoms with Crippen molar-refractivity contribution in [2.24, 2.45) is 12.0 Å². The minimum Gasteiger partial charge on any atom is -0.357 e. The van der Waals surface area contributed by atoms with Gasteiger partial charge in [-0.15, -0.1) is 30.4 Å². The van der Waals surface area contributed by atoms with Gasteiger partial charge in [0.05, 0.1) is 6.54 Å². The molecule has 2 rings (SSSR count). The number of anilines is 1. The number of aliphatic imine (C=N–C) groups is 1. The Morgan fingerprint density at radius 1 is 1.38 bits per heavy atom. The highest BCUT2D eigenvalue weighted by atomic mass is 127. The van der Waals surface area contributed by atoms with Gasteiger partial charge >= 0.3 is 0 Å². The van der Waals surface area contributed by atoms with Crippen LogP contribution in [0.4, 0.5) is 5.69 Å². The smallest absolute Gasteiger partial charge is 0.243 e. The molecule has 1 heterocycles. The third-order valence-electron chi connectivity index (χ3n) is 3.26. The molecule has 0 spiro atoms. The quantitative estimate of drug-likeness (QED) is 0.256. The van der Waals surface area contributed by atoms with Gasteiger partial charge in [0.25, 0.3) is 0 Å². The number of hydrogen-bond acceptors (Lipinski definition) is 4. The van der Waals surface area contributed by atoms with Gasteiger partial charge in [-0.25, -0.2) is 9.98 Å². The summed E-state index contributed by atoms with van der Waals surface area (Å²) in [6.07, 6.45) is 6.83. The number of guanidine groups is 1. The van der Waals surface area contributed by atoms with Crippen LogP contribution in [0.15, 0.2) is 35.6 Å². The number of rotatable bonds is 6. The van der Waals surface area contributed by atoms with E-state index in [0.717, 1.165) is 5.82 Å². The summed E-state index contributed by atoms with van der Waals surface area (Å²) in [6, 6.07) is 7.12. The van der Waals surface area contributed by atoms with Gasteiger partial charge in [-0.05, 0) is 25.1 Å². The van der Waals surface area contributed by atoms with E-state index in [1.165, 1.54) is 6.33 Å². The maximum atomic E-state index is 12.1. The third-order valence-corrected chi connectivity index (χ3v) is 3.26. The Bertz CT molecular complexity index is 794. The van der Waals surface area contributed by atoms with Crippen molar-refractivity contribution < 1.29 is 4.79 Å². The predicted molar refractivity (Wildman–Crippen MR) is 112 cm³/mol. The molecule has 3 N–H and O–H groups in total. The number of nitrogens with one attached hydrogen (secondary N) is 3. The van der Waals surface area contributed by atoms with E-state index in [-0.39, 0.29) is 36.4 Å². The average molecular weight is 467 g/mol. The SMILES string of the molecule is C#Cc1cccc(NC(=O)CNC(=NCc2ncnn2C)NCC)c1.I. The fourth-order valence-electron chi connectivity index (χ4n) is 2.01. The molecule has 1 aromatic carbocycles. The molecule has 138 valence electrons. The van der Waals surface area contributed by atoms with Crippen LogP contribution < -0.4 is 16.0 Å². The van der Waals surface area contributed by atoms with Gasteiger partial charge in [0, 0.05) is 24.8 Å². The van der Waals surface area contributed by atoms with Crippen molar-refractivity contribution in [3.05, 3.63) is 42.0 Å². The first-order valence-electron chi connectivity index (χ1n) is 7.84. The zero-order valence-corrected chi connectivity index (χ0v) is 17.0. The number of aryl methyl sites for hydroxylation is 1. The lowest BCUT2D eigenvalue weighted by molar-refractivity contribution is -0.115. The molecule has 0 aliphatic rings. The molecule has 0 atom stereocenters. The van der Waals surface area contributed by atoms with Crippen LogP contribution >= 0.6 is 24.0 Å². The van der Waals surface area contributed by atoms with Crippen molar-refractivity contribution >= 4 is 41.5 Å². The molecule has 9 heteroatoms. The summed E-state index contributed by atoms with van der Waals surface area (Å²) in [7, 11) is 1.80. The zero-order valence-electron chi connectivity index (χ0n) is 14.7. The summed E-state index contributed by atoms with van der Waals surface area (Å²) in [4.78, 5) is 20.6. The van der Waals surface area contributed by atoms with Crippen molar-refractivity contribution in [3.63, 3.8) is 0 Å². The Kier molecular flexibility index (Phi) is 9.14. The van der Waals surface area contributed by atoms with E-state index in [1.54, 1.807) is 36.0 Å². The van der Waals surface area contributed by atoms with E-state index in [2.05, 4.69) is 36.9 Å². The molecular formula is C17H22IN7O. The molecule has 2 aromatic rings. The van der Waals surface area contributed by atoms with Crippen LogP contribution in [0.1, 0.15) is 18.3 Å². The number of benzene rings is 1. The second-order valence-electron chi connectivity index (χ2n) is 5.12. The first-order valence-corrected chi connectivity index (χ1v) is 7.84. The molecule has 0 bridgehead atoms. The minimum absolute atomic E-state index is 0. The van der Waals surface area contributed by atoms with Crippen molar-refractivity contribution in [2.75, 3.05) is 18.4 Å². The van der Waals surface area contributed by atoms with Crippen molar-refractivity contribution in [3.8, 4) is 12.3 Å². The molecule has 0 fully saturated rings. The van der Waals surface area contributed by atoms with Crippen LogP contribution in [-0.2, 0) is 18.4 Å². The highest BCUT2D eigenvalue weighted by molar-refractivity contribution is 14.0. The van der Waals surface area contributed by atoms with Crippen LogP contribution in [0.25, 0.3) is 0 Å². The molecule has 1 amide bonds. The summed E-state index contributed by atoms with van der Waals surface area (Å²) >= 11 is 0. The molecule has 26 heavy (non-hydrogen) atoms. The average Bonchev–Trinajstić information content (AvgIpc) is 3.02. The largest absolute Gasteiger partial charge is 0.357 e. The van der Waals surface area contributed by atoms with E-state index in [9.17, 15) is 4.79 Å². The summed E-state index contributed by atoms with van der Waals surface area (Å²) in [6.45, 7) is 3.06. The van der Waals surface area contributed by atoms with Crippen LogP contribution in [0.3, 0.4) is 0 Å². The lowest BCUT2D eigenvalue weighted by atomic mass is 10.2. The Hall–Kier alpha value is -2.61. The topological polar surface area (TPSA) is 96.2 Å². The van der Waals surface area contributed by atoms with Crippen molar-refractivity contribution in [1.82, 2.24) is 25.4 Å². The second-order valence-corrected chi connectivity index (χ2v) is 5.12. The molecule has 0 saturated heterocycles.